The van der Waals surface area contributed by atoms with Crippen molar-refractivity contribution in [1.29, 1.82) is 0 Å². The van der Waals surface area contributed by atoms with Crippen molar-refractivity contribution in [3.05, 3.63) is 35.9 Å². The Labute approximate surface area is 157 Å². The maximum absolute atomic E-state index is 12.5. The third-order valence-corrected chi connectivity index (χ3v) is 7.06. The van der Waals surface area contributed by atoms with Gasteiger partial charge in [0.1, 0.15) is 0 Å². The minimum atomic E-state index is -3.38. The predicted molar refractivity (Wildman–Crippen MR) is 104 cm³/mol. The van der Waals surface area contributed by atoms with Gasteiger partial charge in [-0.3, -0.25) is 4.79 Å². The van der Waals surface area contributed by atoms with Crippen molar-refractivity contribution in [3.63, 3.8) is 0 Å². The first-order valence-corrected chi connectivity index (χ1v) is 10.7. The van der Waals surface area contributed by atoms with Gasteiger partial charge in [0.05, 0.1) is 0 Å². The van der Waals surface area contributed by atoms with E-state index in [0.29, 0.717) is 38.4 Å². The van der Waals surface area contributed by atoms with E-state index in [4.69, 9.17) is 0 Å². The molecule has 6 nitrogen and oxygen atoms in total. The summed E-state index contributed by atoms with van der Waals surface area (Å²) in [6.07, 6.45) is 3.12. The van der Waals surface area contributed by atoms with Crippen LogP contribution in [-0.4, -0.2) is 56.7 Å². The molecule has 1 aliphatic rings. The summed E-state index contributed by atoms with van der Waals surface area (Å²) in [5.41, 5.74) is 1.29. The molecule has 0 bridgehead atoms. The van der Waals surface area contributed by atoms with Crippen LogP contribution >= 0.6 is 0 Å². The Morgan fingerprint density at radius 1 is 1.23 bits per heavy atom. The number of carbonyl (C=O) groups is 1. The fraction of sp³-hybridized carbons (Fsp3) is 0.632. The highest BCUT2D eigenvalue weighted by Crippen LogP contribution is 2.21. The fourth-order valence-corrected chi connectivity index (χ4v) is 4.41. The number of piperidine rings is 1. The van der Waals surface area contributed by atoms with E-state index in [1.165, 1.54) is 28.3 Å². The molecule has 7 heteroatoms. The number of nitrogens with one attached hydrogen (secondary N) is 1. The topological polar surface area (TPSA) is 69.7 Å². The lowest BCUT2D eigenvalue weighted by Gasteiger charge is -2.32. The minimum Gasteiger partial charge on any atom is -0.356 e. The summed E-state index contributed by atoms with van der Waals surface area (Å²) in [6, 6.07) is 10.3. The van der Waals surface area contributed by atoms with Crippen LogP contribution in [-0.2, 0) is 21.4 Å². The molecule has 0 spiro atoms. The van der Waals surface area contributed by atoms with Crippen molar-refractivity contribution in [1.82, 2.24) is 13.9 Å². The monoisotopic (exact) mass is 381 g/mol. The Morgan fingerprint density at radius 3 is 2.38 bits per heavy atom. The first-order chi connectivity index (χ1) is 12.3. The molecule has 1 heterocycles. The van der Waals surface area contributed by atoms with E-state index >= 15 is 0 Å². The average Bonchev–Trinajstić information content (AvgIpc) is 2.65. The molecule has 0 aromatic heterocycles. The fourth-order valence-electron chi connectivity index (χ4n) is 3.28. The van der Waals surface area contributed by atoms with Gasteiger partial charge >= 0.3 is 0 Å². The molecule has 1 atom stereocenters. The number of carbonyl (C=O) groups excluding carboxylic acids is 1. The Bertz CT molecular complexity index is 669. The molecule has 1 amide bonds. The van der Waals surface area contributed by atoms with Crippen molar-refractivity contribution in [3.8, 4) is 0 Å². The van der Waals surface area contributed by atoms with Crippen LogP contribution in [0.5, 0.6) is 0 Å². The predicted octanol–water partition coefficient (Wildman–Crippen LogP) is 1.89. The van der Waals surface area contributed by atoms with Gasteiger partial charge in [-0.2, -0.15) is 17.0 Å². The smallest absolute Gasteiger partial charge is 0.281 e. The van der Waals surface area contributed by atoms with E-state index in [1.54, 1.807) is 0 Å². The highest BCUT2D eigenvalue weighted by molar-refractivity contribution is 7.86. The van der Waals surface area contributed by atoms with Crippen molar-refractivity contribution in [2.24, 2.45) is 11.8 Å². The van der Waals surface area contributed by atoms with E-state index in [2.05, 4.69) is 24.4 Å². The quantitative estimate of drug-likeness (QED) is 0.748. The van der Waals surface area contributed by atoms with Crippen LogP contribution < -0.4 is 5.32 Å². The molecule has 1 aromatic carbocycles. The molecule has 1 aromatic rings. The van der Waals surface area contributed by atoms with Crippen LogP contribution in [0, 0.1) is 11.8 Å². The van der Waals surface area contributed by atoms with Crippen LogP contribution in [0.25, 0.3) is 0 Å². The number of hydrogen-bond acceptors (Lipinski definition) is 3. The molecule has 146 valence electrons. The molecule has 2 rings (SSSR count). The zero-order valence-electron chi connectivity index (χ0n) is 16.0. The summed E-state index contributed by atoms with van der Waals surface area (Å²) in [5, 5.41) is 3.08. The molecule has 1 saturated heterocycles. The highest BCUT2D eigenvalue weighted by atomic mass is 32.2. The molecule has 0 aliphatic carbocycles. The van der Waals surface area contributed by atoms with Gasteiger partial charge in [0.2, 0.25) is 5.91 Å². The van der Waals surface area contributed by atoms with Crippen LogP contribution in [0.3, 0.4) is 0 Å². The molecule has 26 heavy (non-hydrogen) atoms. The molecule has 1 N–H and O–H groups in total. The normalized spacial score (nSPS) is 18.0. The summed E-state index contributed by atoms with van der Waals surface area (Å²) < 4.78 is 27.0. The largest absolute Gasteiger partial charge is 0.356 e. The van der Waals surface area contributed by atoms with Gasteiger partial charge in [-0.25, -0.2) is 0 Å². The average molecular weight is 382 g/mol. The molecule has 0 radical (unpaired) electrons. The van der Waals surface area contributed by atoms with Crippen LogP contribution in [0.1, 0.15) is 31.7 Å². The van der Waals surface area contributed by atoms with Crippen LogP contribution in [0.4, 0.5) is 0 Å². The van der Waals surface area contributed by atoms with Gasteiger partial charge in [-0.1, -0.05) is 43.7 Å². The Morgan fingerprint density at radius 2 is 1.85 bits per heavy atom. The number of amides is 1. The maximum atomic E-state index is 12.5. The number of hydrogen-bond donors (Lipinski definition) is 1. The summed E-state index contributed by atoms with van der Waals surface area (Å²) in [4.78, 5) is 12.5. The SMILES string of the molecule is CCC(CNC(=O)C1CCN(S(=O)(=O)N(C)C)CC1)Cc1ccccc1. The van der Waals surface area contributed by atoms with Crippen LogP contribution in [0.2, 0.25) is 0 Å². The number of nitrogens with zero attached hydrogens (tertiary/aromatic N) is 2. The van der Waals surface area contributed by atoms with Gasteiger partial charge < -0.3 is 5.32 Å². The highest BCUT2D eigenvalue weighted by Gasteiger charge is 2.32. The zero-order chi connectivity index (χ0) is 19.2. The van der Waals surface area contributed by atoms with E-state index < -0.39 is 10.2 Å². The van der Waals surface area contributed by atoms with Crippen LogP contribution in [0.15, 0.2) is 30.3 Å². The lowest BCUT2D eigenvalue weighted by atomic mass is 9.95. The van der Waals surface area contributed by atoms with Gasteiger partial charge in [0, 0.05) is 39.6 Å². The van der Waals surface area contributed by atoms with E-state index in [1.807, 2.05) is 18.2 Å². The lowest BCUT2D eigenvalue weighted by molar-refractivity contribution is -0.126. The standard InChI is InChI=1S/C19H31N3O3S/c1-4-16(14-17-8-6-5-7-9-17)15-20-19(23)18-10-12-22(13-11-18)26(24,25)21(2)3/h5-9,16,18H,4,10-15H2,1-3H3,(H,20,23). The molecule has 1 unspecified atom stereocenters. The summed E-state index contributed by atoms with van der Waals surface area (Å²) in [7, 11) is -0.311. The van der Waals surface area contributed by atoms with E-state index in [-0.39, 0.29) is 11.8 Å². The third kappa shape index (κ3) is 5.53. The molecule has 1 fully saturated rings. The summed E-state index contributed by atoms with van der Waals surface area (Å²) in [6.45, 7) is 3.62. The first kappa shape index (κ1) is 20.9. The van der Waals surface area contributed by atoms with Crippen molar-refractivity contribution in [2.75, 3.05) is 33.7 Å². The zero-order valence-corrected chi connectivity index (χ0v) is 16.8. The first-order valence-electron chi connectivity index (χ1n) is 9.33. The minimum absolute atomic E-state index is 0.0541. The molecular weight excluding hydrogens is 350 g/mol. The maximum Gasteiger partial charge on any atom is 0.281 e. The summed E-state index contributed by atoms with van der Waals surface area (Å²) in [5.74, 6) is 0.367. The summed E-state index contributed by atoms with van der Waals surface area (Å²) >= 11 is 0. The Kier molecular flexibility index (Phi) is 7.61. The van der Waals surface area contributed by atoms with Crippen molar-refractivity contribution >= 4 is 16.1 Å². The second-order valence-electron chi connectivity index (χ2n) is 7.17. The number of benzene rings is 1. The van der Waals surface area contributed by atoms with Gasteiger partial charge in [0.15, 0.2) is 0 Å². The molecule has 0 saturated carbocycles. The van der Waals surface area contributed by atoms with Crippen molar-refractivity contribution in [2.45, 2.75) is 32.6 Å². The van der Waals surface area contributed by atoms with Gasteiger partial charge in [-0.15, -0.1) is 0 Å². The lowest BCUT2D eigenvalue weighted by Crippen LogP contribution is -2.47. The second-order valence-corrected chi connectivity index (χ2v) is 9.31. The third-order valence-electron chi connectivity index (χ3n) is 5.12. The number of rotatable bonds is 8. The van der Waals surface area contributed by atoms with E-state index in [0.717, 1.165) is 12.8 Å². The molecule has 1 aliphatic heterocycles. The second kappa shape index (κ2) is 9.48. The van der Waals surface area contributed by atoms with Gasteiger partial charge in [-0.05, 0) is 30.7 Å². The van der Waals surface area contributed by atoms with E-state index in [9.17, 15) is 13.2 Å². The molecular formula is C19H31N3O3S. The van der Waals surface area contributed by atoms with Crippen molar-refractivity contribution < 1.29 is 13.2 Å². The Hall–Kier alpha value is -1.44. The van der Waals surface area contributed by atoms with Gasteiger partial charge in [0.25, 0.3) is 10.2 Å². The Balaban J connectivity index is 1.79.